The third kappa shape index (κ3) is 4.29. The van der Waals surface area contributed by atoms with Gasteiger partial charge in [-0.05, 0) is 49.1 Å². The lowest BCUT2D eigenvalue weighted by Crippen LogP contribution is -2.30. The molecule has 1 aliphatic heterocycles. The molecule has 1 aliphatic rings. The zero-order valence-electron chi connectivity index (χ0n) is 16.4. The quantitative estimate of drug-likeness (QED) is 0.554. The maximum Gasteiger partial charge on any atom is 0.410 e. The van der Waals surface area contributed by atoms with E-state index in [0.717, 1.165) is 5.56 Å². The predicted octanol–water partition coefficient (Wildman–Crippen LogP) is 4.37. The molecule has 144 valence electrons. The number of ether oxygens (including phenoxy) is 2. The second kappa shape index (κ2) is 8.81. The summed E-state index contributed by atoms with van der Waals surface area (Å²) in [6.45, 7) is 14.9. The Bertz CT molecular complexity index is 906. The number of carbonyl (C=O) groups is 1. The molecule has 0 spiro atoms. The van der Waals surface area contributed by atoms with Crippen molar-refractivity contribution in [1.82, 2.24) is 4.90 Å². The van der Waals surface area contributed by atoms with Crippen molar-refractivity contribution in [2.75, 3.05) is 13.1 Å². The van der Waals surface area contributed by atoms with E-state index in [-0.39, 0.29) is 19.6 Å². The molecule has 6 nitrogen and oxygen atoms in total. The molecule has 0 radical (unpaired) electrons. The SMILES string of the molecule is [C-]#[N+]c1ccc(Oc2ccc3c(c2)COB3C)c(COC(=O)N(CC)CC)c1. The molecule has 0 aromatic heterocycles. The van der Waals surface area contributed by atoms with Crippen LogP contribution in [0.4, 0.5) is 10.5 Å². The van der Waals surface area contributed by atoms with Gasteiger partial charge in [0.15, 0.2) is 5.69 Å². The van der Waals surface area contributed by atoms with E-state index in [1.54, 1.807) is 23.1 Å². The van der Waals surface area contributed by atoms with Crippen molar-refractivity contribution in [3.8, 4) is 11.5 Å². The van der Waals surface area contributed by atoms with Crippen molar-refractivity contribution in [1.29, 1.82) is 0 Å². The average Bonchev–Trinajstić information content (AvgIpc) is 3.08. The van der Waals surface area contributed by atoms with Crippen LogP contribution in [-0.2, 0) is 22.6 Å². The van der Waals surface area contributed by atoms with E-state index >= 15 is 0 Å². The molecule has 0 bridgehead atoms. The van der Waals surface area contributed by atoms with Crippen LogP contribution < -0.4 is 10.2 Å². The summed E-state index contributed by atoms with van der Waals surface area (Å²) in [7, 11) is 0. The Balaban J connectivity index is 1.79. The van der Waals surface area contributed by atoms with Gasteiger partial charge in [-0.25, -0.2) is 9.64 Å². The second-order valence-corrected chi connectivity index (χ2v) is 6.55. The van der Waals surface area contributed by atoms with Crippen molar-refractivity contribution in [3.05, 3.63) is 58.9 Å². The Kier molecular flexibility index (Phi) is 6.22. The van der Waals surface area contributed by atoms with Gasteiger partial charge in [0.05, 0.1) is 13.2 Å². The molecule has 0 saturated heterocycles. The zero-order valence-corrected chi connectivity index (χ0v) is 16.4. The summed E-state index contributed by atoms with van der Waals surface area (Å²) >= 11 is 0. The number of carbonyl (C=O) groups excluding carboxylic acids is 1. The first-order valence-corrected chi connectivity index (χ1v) is 9.40. The summed E-state index contributed by atoms with van der Waals surface area (Å²) in [6.07, 6.45) is -0.382. The second-order valence-electron chi connectivity index (χ2n) is 6.55. The summed E-state index contributed by atoms with van der Waals surface area (Å²) < 4.78 is 17.1. The number of nitrogens with zero attached hydrogens (tertiary/aromatic N) is 2. The van der Waals surface area contributed by atoms with E-state index in [2.05, 4.69) is 4.85 Å². The lowest BCUT2D eigenvalue weighted by atomic mass is 9.64. The van der Waals surface area contributed by atoms with Gasteiger partial charge in [0.2, 0.25) is 0 Å². The minimum absolute atomic E-state index is 0.0408. The summed E-state index contributed by atoms with van der Waals surface area (Å²) in [4.78, 5) is 17.2. The average molecular weight is 378 g/mol. The molecule has 0 N–H and O–H groups in total. The molecule has 1 amide bonds. The summed E-state index contributed by atoms with van der Waals surface area (Å²) in [5.41, 5.74) is 3.40. The molecule has 7 heteroatoms. The van der Waals surface area contributed by atoms with Gasteiger partial charge in [0.1, 0.15) is 18.1 Å². The Morgan fingerprint density at radius 3 is 2.75 bits per heavy atom. The molecule has 3 rings (SSSR count). The first-order valence-electron chi connectivity index (χ1n) is 9.40. The van der Waals surface area contributed by atoms with Gasteiger partial charge in [0.25, 0.3) is 0 Å². The minimum atomic E-state index is -0.382. The predicted molar refractivity (Wildman–Crippen MR) is 108 cm³/mol. The zero-order chi connectivity index (χ0) is 20.1. The lowest BCUT2D eigenvalue weighted by molar-refractivity contribution is 0.0993. The fourth-order valence-electron chi connectivity index (χ4n) is 3.16. The van der Waals surface area contributed by atoms with Crippen LogP contribution in [0.2, 0.25) is 6.82 Å². The van der Waals surface area contributed by atoms with Crippen LogP contribution in [0.3, 0.4) is 0 Å². The highest BCUT2D eigenvalue weighted by Gasteiger charge is 2.23. The summed E-state index contributed by atoms with van der Waals surface area (Å²) in [5, 5.41) is 0. The molecule has 1 heterocycles. The summed E-state index contributed by atoms with van der Waals surface area (Å²) in [6, 6.07) is 11.0. The van der Waals surface area contributed by atoms with Crippen LogP contribution in [0, 0.1) is 6.57 Å². The Morgan fingerprint density at radius 1 is 1.25 bits per heavy atom. The van der Waals surface area contributed by atoms with Gasteiger partial charge < -0.3 is 19.0 Å². The van der Waals surface area contributed by atoms with Gasteiger partial charge >= 0.3 is 13.0 Å². The number of hydrogen-bond donors (Lipinski definition) is 0. The smallest absolute Gasteiger partial charge is 0.410 e. The van der Waals surface area contributed by atoms with Crippen molar-refractivity contribution in [2.45, 2.75) is 33.9 Å². The highest BCUT2D eigenvalue weighted by molar-refractivity contribution is 6.67. The van der Waals surface area contributed by atoms with Crippen LogP contribution in [0.25, 0.3) is 4.85 Å². The highest BCUT2D eigenvalue weighted by Crippen LogP contribution is 2.30. The fraction of sp³-hybridized carbons (Fsp3) is 0.333. The monoisotopic (exact) mass is 378 g/mol. The number of rotatable bonds is 6. The summed E-state index contributed by atoms with van der Waals surface area (Å²) in [5.74, 6) is 1.25. The van der Waals surface area contributed by atoms with Crippen molar-refractivity contribution >= 4 is 24.2 Å². The molecular weight excluding hydrogens is 355 g/mol. The molecule has 2 aromatic rings. The topological polar surface area (TPSA) is 52.4 Å². The molecule has 0 saturated carbocycles. The molecule has 28 heavy (non-hydrogen) atoms. The van der Waals surface area contributed by atoms with Gasteiger partial charge in [-0.3, -0.25) is 0 Å². The van der Waals surface area contributed by atoms with E-state index in [1.165, 1.54) is 5.46 Å². The lowest BCUT2D eigenvalue weighted by Gasteiger charge is -2.19. The molecule has 2 aromatic carbocycles. The van der Waals surface area contributed by atoms with E-state index in [4.69, 9.17) is 20.7 Å². The Labute approximate surface area is 165 Å². The number of hydrogen-bond acceptors (Lipinski definition) is 4. The first-order chi connectivity index (χ1) is 13.5. The van der Waals surface area contributed by atoms with E-state index in [0.29, 0.717) is 42.4 Å². The highest BCUT2D eigenvalue weighted by atomic mass is 16.6. The van der Waals surface area contributed by atoms with Gasteiger partial charge in [-0.2, -0.15) is 0 Å². The normalized spacial score (nSPS) is 12.3. The van der Waals surface area contributed by atoms with E-state index in [9.17, 15) is 4.79 Å². The Hall–Kier alpha value is -2.98. The Morgan fingerprint density at radius 2 is 2.04 bits per heavy atom. The van der Waals surface area contributed by atoms with Crippen LogP contribution >= 0.6 is 0 Å². The number of amides is 1. The van der Waals surface area contributed by atoms with E-state index in [1.807, 2.05) is 38.9 Å². The maximum absolute atomic E-state index is 12.1. The van der Waals surface area contributed by atoms with Crippen LogP contribution in [-0.4, -0.2) is 31.0 Å². The molecule has 0 unspecified atom stereocenters. The first kappa shape index (κ1) is 19.8. The maximum atomic E-state index is 12.1. The number of benzene rings is 2. The molecular formula is C21H23BN2O4. The van der Waals surface area contributed by atoms with Crippen molar-refractivity contribution in [3.63, 3.8) is 0 Å². The number of fused-ring (bicyclic) bond motifs is 1. The van der Waals surface area contributed by atoms with Gasteiger partial charge in [-0.1, -0.05) is 19.0 Å². The molecule has 0 atom stereocenters. The van der Waals surface area contributed by atoms with Gasteiger partial charge in [0, 0.05) is 18.7 Å². The molecule has 0 fully saturated rings. The van der Waals surface area contributed by atoms with Crippen molar-refractivity contribution in [2.24, 2.45) is 0 Å². The standard InChI is InChI=1S/C21H23BN2O4/c1-5-24(6-2)21(25)26-13-16-11-17(23-4)7-10-20(16)28-18-8-9-19-15(12-18)14-27-22(19)3/h7-12H,5-6,13-14H2,1-3H3. The van der Waals surface area contributed by atoms with Crippen molar-refractivity contribution < 1.29 is 18.9 Å². The van der Waals surface area contributed by atoms with Crippen LogP contribution in [0.5, 0.6) is 11.5 Å². The van der Waals surface area contributed by atoms with Crippen LogP contribution in [0.15, 0.2) is 36.4 Å². The van der Waals surface area contributed by atoms with Crippen LogP contribution in [0.1, 0.15) is 25.0 Å². The van der Waals surface area contributed by atoms with Gasteiger partial charge in [-0.15, -0.1) is 0 Å². The molecule has 0 aliphatic carbocycles. The minimum Gasteiger partial charge on any atom is -0.457 e. The fourth-order valence-corrected chi connectivity index (χ4v) is 3.16. The largest absolute Gasteiger partial charge is 0.457 e. The third-order valence-corrected chi connectivity index (χ3v) is 4.82. The van der Waals surface area contributed by atoms with E-state index < -0.39 is 0 Å². The third-order valence-electron chi connectivity index (χ3n) is 4.82.